The van der Waals surface area contributed by atoms with Gasteiger partial charge in [-0.1, -0.05) is 13.8 Å². The molecule has 78 valence electrons. The monoisotopic (exact) mass is 204 g/mol. The van der Waals surface area contributed by atoms with Crippen LogP contribution in [0.2, 0.25) is 0 Å². The number of hydrogen-bond donors (Lipinski definition) is 1. The molecular weight excluding hydrogens is 191 g/mol. The molecule has 0 unspecified atom stereocenters. The number of nitrogens with zero attached hydrogens (tertiary/aromatic N) is 1. The van der Waals surface area contributed by atoms with Gasteiger partial charge in [0.25, 0.3) is 0 Å². The van der Waals surface area contributed by atoms with E-state index < -0.39 is 0 Å². The first-order valence-electron chi connectivity index (χ1n) is 4.98. The highest BCUT2D eigenvalue weighted by molar-refractivity contribution is 5.58. The Morgan fingerprint density at radius 2 is 1.87 bits per heavy atom. The fourth-order valence-electron chi connectivity index (χ4n) is 1.40. The van der Waals surface area contributed by atoms with Gasteiger partial charge in [0.2, 0.25) is 0 Å². The Kier molecular flexibility index (Phi) is 2.54. The molecule has 0 atom stereocenters. The van der Waals surface area contributed by atoms with Crippen LogP contribution in [0.4, 0.5) is 4.39 Å². The van der Waals surface area contributed by atoms with Crippen LogP contribution in [0.15, 0.2) is 30.5 Å². The van der Waals surface area contributed by atoms with Gasteiger partial charge >= 0.3 is 0 Å². The lowest BCUT2D eigenvalue weighted by atomic mass is 10.2. The molecule has 0 spiro atoms. The molecule has 0 bridgehead atoms. The molecule has 0 aliphatic rings. The van der Waals surface area contributed by atoms with E-state index in [2.05, 4.69) is 23.8 Å². The summed E-state index contributed by atoms with van der Waals surface area (Å²) in [6.07, 6.45) is 1.85. The first-order valence-corrected chi connectivity index (χ1v) is 4.98. The molecule has 0 aliphatic heterocycles. The van der Waals surface area contributed by atoms with Crippen LogP contribution in [0.1, 0.15) is 25.6 Å². The summed E-state index contributed by atoms with van der Waals surface area (Å²) in [6, 6.07) is 6.35. The Morgan fingerprint density at radius 1 is 1.20 bits per heavy atom. The molecule has 2 aromatic rings. The number of aromatic amines is 1. The quantitative estimate of drug-likeness (QED) is 0.798. The summed E-state index contributed by atoms with van der Waals surface area (Å²) in [5.41, 5.74) is 1.79. The van der Waals surface area contributed by atoms with E-state index in [4.69, 9.17) is 0 Å². The first kappa shape index (κ1) is 9.90. The van der Waals surface area contributed by atoms with Crippen molar-refractivity contribution >= 4 is 0 Å². The van der Waals surface area contributed by atoms with Crippen molar-refractivity contribution in [2.45, 2.75) is 19.8 Å². The second-order valence-electron chi connectivity index (χ2n) is 3.83. The molecule has 0 radical (unpaired) electrons. The van der Waals surface area contributed by atoms with Gasteiger partial charge in [-0.05, 0) is 24.3 Å². The van der Waals surface area contributed by atoms with Crippen LogP contribution < -0.4 is 0 Å². The summed E-state index contributed by atoms with van der Waals surface area (Å²) in [7, 11) is 0. The summed E-state index contributed by atoms with van der Waals surface area (Å²) in [5.74, 6) is 1.10. The van der Waals surface area contributed by atoms with Crippen LogP contribution in [0.3, 0.4) is 0 Å². The number of rotatable bonds is 2. The fraction of sp³-hybridized carbons (Fsp3) is 0.250. The summed E-state index contributed by atoms with van der Waals surface area (Å²) in [6.45, 7) is 4.15. The van der Waals surface area contributed by atoms with E-state index in [1.54, 1.807) is 12.1 Å². The molecule has 15 heavy (non-hydrogen) atoms. The Hall–Kier alpha value is -1.64. The van der Waals surface area contributed by atoms with Crippen LogP contribution in [-0.2, 0) is 0 Å². The van der Waals surface area contributed by atoms with E-state index in [9.17, 15) is 4.39 Å². The lowest BCUT2D eigenvalue weighted by Crippen LogP contribution is -1.89. The van der Waals surface area contributed by atoms with Gasteiger partial charge in [-0.2, -0.15) is 0 Å². The third kappa shape index (κ3) is 2.06. The van der Waals surface area contributed by atoms with E-state index in [-0.39, 0.29) is 5.82 Å². The summed E-state index contributed by atoms with van der Waals surface area (Å²) in [5, 5.41) is 0. The number of nitrogens with one attached hydrogen (secondary N) is 1. The van der Waals surface area contributed by atoms with Crippen molar-refractivity contribution in [2.24, 2.45) is 0 Å². The Bertz CT molecular complexity index is 443. The normalized spacial score (nSPS) is 10.9. The molecule has 2 rings (SSSR count). The van der Waals surface area contributed by atoms with Crippen molar-refractivity contribution in [3.8, 4) is 11.3 Å². The summed E-state index contributed by atoms with van der Waals surface area (Å²) in [4.78, 5) is 7.55. The van der Waals surface area contributed by atoms with E-state index in [0.717, 1.165) is 17.1 Å². The molecule has 1 N–H and O–H groups in total. The average Bonchev–Trinajstić information content (AvgIpc) is 2.68. The van der Waals surface area contributed by atoms with Gasteiger partial charge in [-0.25, -0.2) is 9.37 Å². The molecule has 0 amide bonds. The van der Waals surface area contributed by atoms with Gasteiger partial charge < -0.3 is 4.98 Å². The van der Waals surface area contributed by atoms with E-state index in [0.29, 0.717) is 5.92 Å². The molecule has 1 heterocycles. The zero-order valence-corrected chi connectivity index (χ0v) is 8.79. The van der Waals surface area contributed by atoms with Crippen molar-refractivity contribution in [2.75, 3.05) is 0 Å². The van der Waals surface area contributed by atoms with Crippen molar-refractivity contribution in [3.63, 3.8) is 0 Å². The molecule has 3 heteroatoms. The maximum absolute atomic E-state index is 12.7. The van der Waals surface area contributed by atoms with E-state index in [1.807, 2.05) is 6.20 Å². The predicted octanol–water partition coefficient (Wildman–Crippen LogP) is 3.34. The van der Waals surface area contributed by atoms with Gasteiger partial charge in [0, 0.05) is 17.7 Å². The first-order chi connectivity index (χ1) is 7.16. The number of hydrogen-bond acceptors (Lipinski definition) is 1. The molecule has 0 aliphatic carbocycles. The standard InChI is InChI=1S/C12H13FN2/c1-8(2)12-14-7-11(15-12)9-3-5-10(13)6-4-9/h3-8H,1-2H3,(H,14,15). The fourth-order valence-corrected chi connectivity index (χ4v) is 1.40. The minimum Gasteiger partial charge on any atom is -0.348 e. The highest BCUT2D eigenvalue weighted by atomic mass is 19.1. The number of aromatic nitrogens is 2. The van der Waals surface area contributed by atoms with Gasteiger partial charge in [0.15, 0.2) is 0 Å². The second kappa shape index (κ2) is 3.85. The molecule has 0 fully saturated rings. The SMILES string of the molecule is CC(C)c1nc(-c2ccc(F)cc2)c[nH]1. The highest BCUT2D eigenvalue weighted by Gasteiger charge is 2.06. The summed E-state index contributed by atoms with van der Waals surface area (Å²) >= 11 is 0. The van der Waals surface area contributed by atoms with Crippen LogP contribution in [0, 0.1) is 5.82 Å². The van der Waals surface area contributed by atoms with Crippen LogP contribution in [0.25, 0.3) is 11.3 Å². The molecule has 1 aromatic carbocycles. The molecule has 0 saturated heterocycles. The van der Waals surface area contributed by atoms with Crippen LogP contribution >= 0.6 is 0 Å². The van der Waals surface area contributed by atoms with Crippen molar-refractivity contribution in [1.29, 1.82) is 0 Å². The van der Waals surface area contributed by atoms with Gasteiger partial charge in [-0.15, -0.1) is 0 Å². The average molecular weight is 204 g/mol. The van der Waals surface area contributed by atoms with Crippen molar-refractivity contribution < 1.29 is 4.39 Å². The molecule has 1 aromatic heterocycles. The Labute approximate surface area is 88.2 Å². The van der Waals surface area contributed by atoms with Gasteiger partial charge in [0.1, 0.15) is 11.6 Å². The van der Waals surface area contributed by atoms with Crippen molar-refractivity contribution in [1.82, 2.24) is 9.97 Å². The highest BCUT2D eigenvalue weighted by Crippen LogP contribution is 2.19. The van der Waals surface area contributed by atoms with Gasteiger partial charge in [0.05, 0.1) is 5.69 Å². The number of H-pyrrole nitrogens is 1. The molecule has 2 nitrogen and oxygen atoms in total. The number of imidazole rings is 1. The lowest BCUT2D eigenvalue weighted by Gasteiger charge is -1.98. The van der Waals surface area contributed by atoms with Crippen LogP contribution in [0.5, 0.6) is 0 Å². The summed E-state index contributed by atoms with van der Waals surface area (Å²) < 4.78 is 12.7. The molecule has 0 saturated carbocycles. The number of halogens is 1. The van der Waals surface area contributed by atoms with E-state index >= 15 is 0 Å². The Balaban J connectivity index is 2.33. The Morgan fingerprint density at radius 3 is 2.40 bits per heavy atom. The number of benzene rings is 1. The maximum atomic E-state index is 12.7. The smallest absolute Gasteiger partial charge is 0.123 e. The minimum atomic E-state index is -0.224. The van der Waals surface area contributed by atoms with Crippen molar-refractivity contribution in [3.05, 3.63) is 42.1 Å². The largest absolute Gasteiger partial charge is 0.348 e. The maximum Gasteiger partial charge on any atom is 0.123 e. The third-order valence-electron chi connectivity index (χ3n) is 2.28. The second-order valence-corrected chi connectivity index (χ2v) is 3.83. The topological polar surface area (TPSA) is 28.7 Å². The molecular formula is C12H13FN2. The third-order valence-corrected chi connectivity index (χ3v) is 2.28. The lowest BCUT2D eigenvalue weighted by molar-refractivity contribution is 0.628. The van der Waals surface area contributed by atoms with Gasteiger partial charge in [-0.3, -0.25) is 0 Å². The van der Waals surface area contributed by atoms with Crippen LogP contribution in [-0.4, -0.2) is 9.97 Å². The van der Waals surface area contributed by atoms with E-state index in [1.165, 1.54) is 12.1 Å². The zero-order valence-electron chi connectivity index (χ0n) is 8.79. The zero-order chi connectivity index (χ0) is 10.8. The minimum absolute atomic E-state index is 0.224. The predicted molar refractivity (Wildman–Crippen MR) is 58.1 cm³/mol.